The second-order valence-corrected chi connectivity index (χ2v) is 7.48. The molecule has 3 aromatic rings. The second kappa shape index (κ2) is 6.44. The van der Waals surface area contributed by atoms with Crippen molar-refractivity contribution in [3.8, 4) is 0 Å². The summed E-state index contributed by atoms with van der Waals surface area (Å²) in [5.41, 5.74) is 0. The Morgan fingerprint density at radius 3 is 2.68 bits per heavy atom. The highest BCUT2D eigenvalue weighted by Crippen LogP contribution is 2.30. The molecule has 7 nitrogen and oxygen atoms in total. The summed E-state index contributed by atoms with van der Waals surface area (Å²) >= 11 is 1.69. The number of piperazine rings is 1. The molecule has 1 amide bonds. The van der Waals surface area contributed by atoms with Crippen LogP contribution in [0, 0.1) is 13.8 Å². The third kappa shape index (κ3) is 3.09. The molecule has 0 aromatic carbocycles. The van der Waals surface area contributed by atoms with Crippen LogP contribution in [0.4, 0.5) is 5.82 Å². The molecule has 0 aliphatic carbocycles. The van der Waals surface area contributed by atoms with Gasteiger partial charge in [0.05, 0.1) is 5.39 Å². The van der Waals surface area contributed by atoms with E-state index in [-0.39, 0.29) is 5.91 Å². The quantitative estimate of drug-likeness (QED) is 0.716. The first-order valence-electron chi connectivity index (χ1n) is 8.33. The average Bonchev–Trinajstić information content (AvgIpc) is 3.19. The van der Waals surface area contributed by atoms with E-state index in [0.29, 0.717) is 19.6 Å². The van der Waals surface area contributed by atoms with Gasteiger partial charge in [-0.1, -0.05) is 0 Å². The summed E-state index contributed by atoms with van der Waals surface area (Å²) in [6.07, 6.45) is 5.21. The Morgan fingerprint density at radius 2 is 1.96 bits per heavy atom. The number of aryl methyl sites for hydroxylation is 2. The third-order valence-corrected chi connectivity index (χ3v) is 5.55. The van der Waals surface area contributed by atoms with Gasteiger partial charge in [0, 0.05) is 43.4 Å². The van der Waals surface area contributed by atoms with Crippen molar-refractivity contribution in [2.75, 3.05) is 31.1 Å². The summed E-state index contributed by atoms with van der Waals surface area (Å²) in [6.45, 7) is 7.35. The lowest BCUT2D eigenvalue weighted by atomic mass is 10.2. The summed E-state index contributed by atoms with van der Waals surface area (Å²) in [6, 6.07) is 2.15. The molecule has 1 fully saturated rings. The fourth-order valence-electron chi connectivity index (χ4n) is 3.20. The predicted molar refractivity (Wildman–Crippen MR) is 97.9 cm³/mol. The van der Waals surface area contributed by atoms with E-state index in [4.69, 9.17) is 0 Å². The summed E-state index contributed by atoms with van der Waals surface area (Å²) < 4.78 is 1.89. The van der Waals surface area contributed by atoms with Crippen molar-refractivity contribution in [1.29, 1.82) is 0 Å². The monoisotopic (exact) mass is 356 g/mol. The van der Waals surface area contributed by atoms with E-state index in [1.165, 1.54) is 4.88 Å². The number of hydrogen-bond acceptors (Lipinski definition) is 6. The van der Waals surface area contributed by atoms with E-state index >= 15 is 0 Å². The van der Waals surface area contributed by atoms with Crippen LogP contribution in [0.1, 0.15) is 10.7 Å². The Labute approximate surface area is 149 Å². The van der Waals surface area contributed by atoms with Crippen molar-refractivity contribution >= 4 is 33.3 Å². The van der Waals surface area contributed by atoms with Gasteiger partial charge in [-0.3, -0.25) is 4.79 Å². The molecule has 0 spiro atoms. The molecule has 0 N–H and O–H groups in total. The first-order valence-corrected chi connectivity index (χ1v) is 9.15. The number of anilines is 1. The number of amides is 1. The molecule has 0 unspecified atom stereocenters. The van der Waals surface area contributed by atoms with Gasteiger partial charge in [0.2, 0.25) is 5.91 Å². The van der Waals surface area contributed by atoms with Gasteiger partial charge < -0.3 is 14.4 Å². The minimum atomic E-state index is 0.139. The van der Waals surface area contributed by atoms with Crippen molar-refractivity contribution < 1.29 is 4.79 Å². The van der Waals surface area contributed by atoms with Crippen LogP contribution in [0.2, 0.25) is 0 Å². The van der Waals surface area contributed by atoms with Crippen LogP contribution < -0.4 is 4.90 Å². The largest absolute Gasteiger partial charge is 0.352 e. The lowest BCUT2D eigenvalue weighted by molar-refractivity contribution is -0.132. The van der Waals surface area contributed by atoms with Gasteiger partial charge in [-0.15, -0.1) is 11.3 Å². The molecule has 25 heavy (non-hydrogen) atoms. The molecule has 0 bridgehead atoms. The molecule has 3 aromatic heterocycles. The van der Waals surface area contributed by atoms with Crippen molar-refractivity contribution in [1.82, 2.24) is 24.4 Å². The molecule has 0 atom stereocenters. The van der Waals surface area contributed by atoms with Crippen molar-refractivity contribution in [3.05, 3.63) is 35.5 Å². The van der Waals surface area contributed by atoms with Crippen LogP contribution in [0.15, 0.2) is 24.8 Å². The Hall–Kier alpha value is -2.48. The van der Waals surface area contributed by atoms with Gasteiger partial charge in [0.25, 0.3) is 0 Å². The van der Waals surface area contributed by atoms with Crippen LogP contribution in [-0.4, -0.2) is 56.5 Å². The molecule has 4 heterocycles. The normalized spacial score (nSPS) is 15.1. The fraction of sp³-hybridized carbons (Fsp3) is 0.412. The fourth-order valence-corrected chi connectivity index (χ4v) is 4.04. The van der Waals surface area contributed by atoms with Crippen molar-refractivity contribution in [3.63, 3.8) is 0 Å². The Kier molecular flexibility index (Phi) is 4.12. The van der Waals surface area contributed by atoms with Crippen LogP contribution in [0.3, 0.4) is 0 Å². The first-order chi connectivity index (χ1) is 12.1. The van der Waals surface area contributed by atoms with E-state index < -0.39 is 0 Å². The Bertz CT molecular complexity index is 909. The molecular formula is C17H20N6OS. The predicted octanol–water partition coefficient (Wildman–Crippen LogP) is 1.85. The van der Waals surface area contributed by atoms with E-state index in [1.54, 1.807) is 23.9 Å². The lowest BCUT2D eigenvalue weighted by Crippen LogP contribution is -2.49. The molecule has 1 aliphatic rings. The maximum atomic E-state index is 12.5. The van der Waals surface area contributed by atoms with Gasteiger partial charge in [0.15, 0.2) is 0 Å². The van der Waals surface area contributed by atoms with Crippen molar-refractivity contribution in [2.24, 2.45) is 0 Å². The zero-order valence-electron chi connectivity index (χ0n) is 14.3. The number of thiophene rings is 1. The summed E-state index contributed by atoms with van der Waals surface area (Å²) in [7, 11) is 0. The first kappa shape index (κ1) is 16.0. The van der Waals surface area contributed by atoms with Crippen LogP contribution in [-0.2, 0) is 11.3 Å². The molecule has 0 saturated carbocycles. The number of nitrogens with zero attached hydrogens (tertiary/aromatic N) is 6. The van der Waals surface area contributed by atoms with E-state index in [2.05, 4.69) is 32.8 Å². The van der Waals surface area contributed by atoms with E-state index in [9.17, 15) is 4.79 Å². The SMILES string of the molecule is Cc1cc2c(N3CCN(C(=O)Cn4ccnc4C)CC3)ncnc2s1. The average molecular weight is 356 g/mol. The number of aromatic nitrogens is 4. The van der Waals surface area contributed by atoms with Gasteiger partial charge >= 0.3 is 0 Å². The number of hydrogen-bond donors (Lipinski definition) is 0. The van der Waals surface area contributed by atoms with Gasteiger partial charge in [-0.25, -0.2) is 15.0 Å². The van der Waals surface area contributed by atoms with Crippen LogP contribution >= 0.6 is 11.3 Å². The number of carbonyl (C=O) groups is 1. The highest BCUT2D eigenvalue weighted by molar-refractivity contribution is 7.18. The van der Waals surface area contributed by atoms with E-state index in [0.717, 1.165) is 34.9 Å². The minimum Gasteiger partial charge on any atom is -0.352 e. The van der Waals surface area contributed by atoms with E-state index in [1.807, 2.05) is 22.6 Å². The molecule has 130 valence electrons. The Balaban J connectivity index is 1.44. The number of imidazole rings is 1. The highest BCUT2D eigenvalue weighted by Gasteiger charge is 2.23. The standard InChI is InChI=1S/C17H20N6OS/c1-12-9-14-16(19-11-20-17(14)25-12)22-7-5-21(6-8-22)15(24)10-23-4-3-18-13(23)2/h3-4,9,11H,5-8,10H2,1-2H3. The number of rotatable bonds is 3. The topological polar surface area (TPSA) is 67.2 Å². The van der Waals surface area contributed by atoms with Crippen LogP contribution in [0.25, 0.3) is 10.2 Å². The maximum Gasteiger partial charge on any atom is 0.242 e. The number of fused-ring (bicyclic) bond motifs is 1. The molecule has 1 aliphatic heterocycles. The smallest absolute Gasteiger partial charge is 0.242 e. The highest BCUT2D eigenvalue weighted by atomic mass is 32.1. The zero-order chi connectivity index (χ0) is 17.4. The minimum absolute atomic E-state index is 0.139. The lowest BCUT2D eigenvalue weighted by Gasteiger charge is -2.35. The summed E-state index contributed by atoms with van der Waals surface area (Å²) in [4.78, 5) is 32.0. The van der Waals surface area contributed by atoms with Gasteiger partial charge in [-0.2, -0.15) is 0 Å². The second-order valence-electron chi connectivity index (χ2n) is 6.24. The number of carbonyl (C=O) groups excluding carboxylic acids is 1. The van der Waals surface area contributed by atoms with Gasteiger partial charge in [-0.05, 0) is 19.9 Å². The van der Waals surface area contributed by atoms with Crippen molar-refractivity contribution in [2.45, 2.75) is 20.4 Å². The third-order valence-electron chi connectivity index (χ3n) is 4.59. The van der Waals surface area contributed by atoms with Gasteiger partial charge in [0.1, 0.15) is 29.3 Å². The molecule has 1 saturated heterocycles. The van der Waals surface area contributed by atoms with Crippen LogP contribution in [0.5, 0.6) is 0 Å². The Morgan fingerprint density at radius 1 is 1.16 bits per heavy atom. The molecule has 8 heteroatoms. The maximum absolute atomic E-state index is 12.5. The zero-order valence-corrected chi connectivity index (χ0v) is 15.2. The molecule has 4 rings (SSSR count). The summed E-state index contributed by atoms with van der Waals surface area (Å²) in [5.74, 6) is 1.98. The summed E-state index contributed by atoms with van der Waals surface area (Å²) in [5, 5.41) is 1.11. The molecule has 0 radical (unpaired) electrons. The molecular weight excluding hydrogens is 336 g/mol.